The standard InChI is InChI=1S/C34H72N/c1-5-7-9-11-13-15-17-19-21-23-25-27-29-31-33-35(3,4)34-32-30-28-26-24-22-20-18-16-14-12-10-8-6-2/h5-34H2,1-4H3/q+1. The van der Waals surface area contributed by atoms with Crippen LogP contribution in [0.25, 0.3) is 0 Å². The highest BCUT2D eigenvalue weighted by Gasteiger charge is 2.13. The van der Waals surface area contributed by atoms with Gasteiger partial charge in [-0.05, 0) is 25.7 Å². The Balaban J connectivity index is 3.28. The van der Waals surface area contributed by atoms with E-state index in [1.165, 1.54) is 197 Å². The molecule has 35 heavy (non-hydrogen) atoms. The van der Waals surface area contributed by atoms with Gasteiger partial charge in [0.15, 0.2) is 0 Å². The van der Waals surface area contributed by atoms with Crippen molar-refractivity contribution in [1.82, 2.24) is 0 Å². The summed E-state index contributed by atoms with van der Waals surface area (Å²) in [4.78, 5) is 0. The van der Waals surface area contributed by atoms with Crippen molar-refractivity contribution >= 4 is 0 Å². The topological polar surface area (TPSA) is 0 Å². The minimum absolute atomic E-state index is 1.25. The van der Waals surface area contributed by atoms with Crippen LogP contribution < -0.4 is 0 Å². The fourth-order valence-electron chi connectivity index (χ4n) is 5.58. The molecule has 0 radical (unpaired) electrons. The zero-order chi connectivity index (χ0) is 25.7. The third-order valence-electron chi connectivity index (χ3n) is 8.23. The van der Waals surface area contributed by atoms with Crippen molar-refractivity contribution < 1.29 is 4.48 Å². The molecule has 0 atom stereocenters. The molecule has 0 aromatic rings. The molecule has 0 bridgehead atoms. The first-order valence-corrected chi connectivity index (χ1v) is 16.9. The molecule has 0 N–H and O–H groups in total. The van der Waals surface area contributed by atoms with Gasteiger partial charge in [0.25, 0.3) is 0 Å². The molecule has 0 amide bonds. The van der Waals surface area contributed by atoms with E-state index >= 15 is 0 Å². The number of rotatable bonds is 30. The van der Waals surface area contributed by atoms with E-state index in [4.69, 9.17) is 0 Å². The van der Waals surface area contributed by atoms with Crippen molar-refractivity contribution in [2.24, 2.45) is 0 Å². The van der Waals surface area contributed by atoms with E-state index in [2.05, 4.69) is 27.9 Å². The van der Waals surface area contributed by atoms with Crippen LogP contribution in [0.15, 0.2) is 0 Å². The van der Waals surface area contributed by atoms with Crippen LogP contribution in [0.2, 0.25) is 0 Å². The predicted octanol–water partition coefficient (Wildman–Crippen LogP) is 12.0. The van der Waals surface area contributed by atoms with Gasteiger partial charge in [-0.15, -0.1) is 0 Å². The largest absolute Gasteiger partial charge is 0.328 e. The summed E-state index contributed by atoms with van der Waals surface area (Å²) in [6.07, 6.45) is 40.9. The van der Waals surface area contributed by atoms with Gasteiger partial charge in [-0.1, -0.05) is 168 Å². The first-order valence-electron chi connectivity index (χ1n) is 16.9. The molecule has 0 spiro atoms. The van der Waals surface area contributed by atoms with Gasteiger partial charge in [0.1, 0.15) is 0 Å². The van der Waals surface area contributed by atoms with Gasteiger partial charge in [-0.3, -0.25) is 0 Å². The molecule has 0 unspecified atom stereocenters. The Kier molecular flexibility index (Phi) is 28.5. The SMILES string of the molecule is CCCCCCCCCCCCCCCC[N+](C)(C)CCCCCCCCCCCCCCCC. The minimum Gasteiger partial charge on any atom is -0.328 e. The predicted molar refractivity (Wildman–Crippen MR) is 162 cm³/mol. The van der Waals surface area contributed by atoms with E-state index in [1.54, 1.807) is 0 Å². The Hall–Kier alpha value is -0.0400. The summed E-state index contributed by atoms with van der Waals surface area (Å²) in [6, 6.07) is 0. The highest BCUT2D eigenvalue weighted by Crippen LogP contribution is 2.15. The second-order valence-corrected chi connectivity index (χ2v) is 12.6. The average molecular weight is 495 g/mol. The number of hydrogen-bond acceptors (Lipinski definition) is 0. The summed E-state index contributed by atoms with van der Waals surface area (Å²) in [5.74, 6) is 0. The molecular formula is C34H72N+. The van der Waals surface area contributed by atoms with Crippen LogP contribution in [0.5, 0.6) is 0 Å². The van der Waals surface area contributed by atoms with Crippen LogP contribution in [0, 0.1) is 0 Å². The van der Waals surface area contributed by atoms with Crippen LogP contribution in [0.1, 0.15) is 194 Å². The maximum Gasteiger partial charge on any atom is 0.0782 e. The van der Waals surface area contributed by atoms with Gasteiger partial charge in [0, 0.05) is 0 Å². The van der Waals surface area contributed by atoms with Gasteiger partial charge >= 0.3 is 0 Å². The lowest BCUT2D eigenvalue weighted by atomic mass is 10.0. The second kappa shape index (κ2) is 28.5. The Morgan fingerprint density at radius 1 is 0.257 bits per heavy atom. The van der Waals surface area contributed by atoms with E-state index in [1.807, 2.05) is 0 Å². The number of unbranched alkanes of at least 4 members (excludes halogenated alkanes) is 26. The molecule has 0 aromatic carbocycles. The van der Waals surface area contributed by atoms with Crippen LogP contribution in [-0.2, 0) is 0 Å². The molecule has 0 heterocycles. The summed E-state index contributed by atoms with van der Waals surface area (Å²) in [5, 5.41) is 0. The molecule has 0 aromatic heterocycles. The molecular weight excluding hydrogens is 422 g/mol. The Bertz CT molecular complexity index is 341. The Morgan fingerprint density at radius 3 is 0.629 bits per heavy atom. The van der Waals surface area contributed by atoms with Crippen molar-refractivity contribution in [3.63, 3.8) is 0 Å². The highest BCUT2D eigenvalue weighted by atomic mass is 15.3. The summed E-state index contributed by atoms with van der Waals surface area (Å²) < 4.78 is 1.25. The molecule has 1 heteroatoms. The zero-order valence-electron chi connectivity index (χ0n) is 25.7. The number of nitrogens with zero attached hydrogens (tertiary/aromatic N) is 1. The molecule has 212 valence electrons. The van der Waals surface area contributed by atoms with E-state index in [0.29, 0.717) is 0 Å². The summed E-state index contributed by atoms with van der Waals surface area (Å²) >= 11 is 0. The Morgan fingerprint density at radius 2 is 0.429 bits per heavy atom. The fraction of sp³-hybridized carbons (Fsp3) is 1.00. The lowest BCUT2D eigenvalue weighted by Crippen LogP contribution is -2.41. The van der Waals surface area contributed by atoms with E-state index in [0.717, 1.165) is 0 Å². The first-order chi connectivity index (χ1) is 17.1. The smallest absolute Gasteiger partial charge is 0.0782 e. The van der Waals surface area contributed by atoms with E-state index in [-0.39, 0.29) is 0 Å². The van der Waals surface area contributed by atoms with Crippen molar-refractivity contribution in [1.29, 1.82) is 0 Å². The molecule has 0 rings (SSSR count). The van der Waals surface area contributed by atoms with Crippen LogP contribution in [0.4, 0.5) is 0 Å². The average Bonchev–Trinajstić information content (AvgIpc) is 2.84. The summed E-state index contributed by atoms with van der Waals surface area (Å²) in [6.45, 7) is 7.38. The molecule has 0 aliphatic carbocycles. The monoisotopic (exact) mass is 495 g/mol. The molecule has 0 fully saturated rings. The van der Waals surface area contributed by atoms with Crippen LogP contribution >= 0.6 is 0 Å². The van der Waals surface area contributed by atoms with Gasteiger partial charge in [-0.25, -0.2) is 0 Å². The van der Waals surface area contributed by atoms with E-state index < -0.39 is 0 Å². The quantitative estimate of drug-likeness (QED) is 0.0687. The Labute approximate surface area is 225 Å². The van der Waals surface area contributed by atoms with Crippen LogP contribution in [0.3, 0.4) is 0 Å². The maximum atomic E-state index is 2.46. The van der Waals surface area contributed by atoms with Crippen molar-refractivity contribution in [3.8, 4) is 0 Å². The molecule has 0 saturated heterocycles. The zero-order valence-corrected chi connectivity index (χ0v) is 25.7. The third-order valence-corrected chi connectivity index (χ3v) is 8.23. The second-order valence-electron chi connectivity index (χ2n) is 12.6. The first kappa shape index (κ1) is 35.0. The van der Waals surface area contributed by atoms with Gasteiger partial charge < -0.3 is 4.48 Å². The summed E-state index contributed by atoms with van der Waals surface area (Å²) in [5.41, 5.74) is 0. The van der Waals surface area contributed by atoms with E-state index in [9.17, 15) is 0 Å². The maximum absolute atomic E-state index is 2.46. The molecule has 0 saturated carbocycles. The van der Waals surface area contributed by atoms with Crippen molar-refractivity contribution in [2.75, 3.05) is 27.2 Å². The lowest BCUT2D eigenvalue weighted by Gasteiger charge is -2.30. The fourth-order valence-corrected chi connectivity index (χ4v) is 5.58. The molecule has 0 aliphatic rings. The summed E-state index contributed by atoms with van der Waals surface area (Å²) in [7, 11) is 4.93. The lowest BCUT2D eigenvalue weighted by molar-refractivity contribution is -0.890. The van der Waals surface area contributed by atoms with Crippen LogP contribution in [-0.4, -0.2) is 31.7 Å². The normalized spacial score (nSPS) is 12.0. The van der Waals surface area contributed by atoms with Gasteiger partial charge in [0.2, 0.25) is 0 Å². The van der Waals surface area contributed by atoms with Gasteiger partial charge in [-0.2, -0.15) is 0 Å². The van der Waals surface area contributed by atoms with Crippen molar-refractivity contribution in [3.05, 3.63) is 0 Å². The minimum atomic E-state index is 1.25. The number of hydrogen-bond donors (Lipinski definition) is 0. The molecule has 1 nitrogen and oxygen atoms in total. The molecule has 0 aliphatic heterocycles. The van der Waals surface area contributed by atoms with Crippen molar-refractivity contribution in [2.45, 2.75) is 194 Å². The highest BCUT2D eigenvalue weighted by molar-refractivity contribution is 4.51. The van der Waals surface area contributed by atoms with Gasteiger partial charge in [0.05, 0.1) is 27.2 Å². The number of quaternary nitrogens is 1. The third kappa shape index (κ3) is 30.1.